The highest BCUT2D eigenvalue weighted by Crippen LogP contribution is 2.37. The van der Waals surface area contributed by atoms with Gasteiger partial charge in [0.25, 0.3) is 5.91 Å². The van der Waals surface area contributed by atoms with Gasteiger partial charge in [0.1, 0.15) is 11.5 Å². The lowest BCUT2D eigenvalue weighted by atomic mass is 9.79. The number of nitrogens with two attached hydrogens (primary N) is 2. The van der Waals surface area contributed by atoms with Crippen molar-refractivity contribution in [1.82, 2.24) is 24.3 Å². The molecule has 0 fully saturated rings. The van der Waals surface area contributed by atoms with E-state index in [1.807, 2.05) is 40.2 Å². The summed E-state index contributed by atoms with van der Waals surface area (Å²) < 4.78 is 2.18. The fourth-order valence-corrected chi connectivity index (χ4v) is 4.84. The quantitative estimate of drug-likeness (QED) is 0.514. The Bertz CT molecular complexity index is 1260. The molecule has 4 N–H and O–H groups in total. The van der Waals surface area contributed by atoms with E-state index in [9.17, 15) is 4.79 Å². The number of aromatic nitrogens is 5. The van der Waals surface area contributed by atoms with Gasteiger partial charge in [-0.1, -0.05) is 62.3 Å². The molecule has 35 heavy (non-hydrogen) atoms. The Morgan fingerprint density at radius 1 is 1.00 bits per heavy atom. The molecule has 0 radical (unpaired) electrons. The van der Waals surface area contributed by atoms with Gasteiger partial charge in [0, 0.05) is 22.2 Å². The van der Waals surface area contributed by atoms with Crippen LogP contribution in [0.1, 0.15) is 120 Å². The summed E-state index contributed by atoms with van der Waals surface area (Å²) in [6.07, 6.45) is 5.37. The van der Waals surface area contributed by atoms with E-state index >= 15 is 0 Å². The molecule has 1 unspecified atom stereocenters. The minimum Gasteiger partial charge on any atom is -0.382 e. The minimum atomic E-state index is -0.581. The van der Waals surface area contributed by atoms with Crippen LogP contribution in [0.15, 0.2) is 12.5 Å². The molecule has 3 aromatic heterocycles. The lowest BCUT2D eigenvalue weighted by Crippen LogP contribution is -2.27. The Kier molecular flexibility index (Phi) is 6.74. The average Bonchev–Trinajstić information content (AvgIpc) is 3.17. The normalized spacial score (nSPS) is 13.9. The van der Waals surface area contributed by atoms with Crippen LogP contribution in [0.3, 0.4) is 0 Å². The van der Waals surface area contributed by atoms with Crippen molar-refractivity contribution in [1.29, 1.82) is 0 Å². The second-order valence-corrected chi connectivity index (χ2v) is 12.4. The largest absolute Gasteiger partial charge is 0.382 e. The first-order chi connectivity index (χ1) is 15.9. The molecule has 190 valence electrons. The Morgan fingerprint density at radius 2 is 1.60 bits per heavy atom. The van der Waals surface area contributed by atoms with Gasteiger partial charge >= 0.3 is 0 Å². The van der Waals surface area contributed by atoms with Crippen LogP contribution in [0.5, 0.6) is 0 Å². The predicted molar refractivity (Wildman–Crippen MR) is 141 cm³/mol. The molecule has 3 rings (SSSR count). The number of anilines is 1. The minimum absolute atomic E-state index is 0.0546. The van der Waals surface area contributed by atoms with Gasteiger partial charge in [-0.05, 0) is 19.8 Å². The smallest absolute Gasteiger partial charge is 0.269 e. The summed E-state index contributed by atoms with van der Waals surface area (Å²) in [5, 5.41) is 0. The highest BCUT2D eigenvalue weighted by atomic mass is 16.1. The van der Waals surface area contributed by atoms with Gasteiger partial charge in [-0.2, -0.15) is 0 Å². The Labute approximate surface area is 209 Å². The average molecular weight is 480 g/mol. The zero-order chi connectivity index (χ0) is 26.5. The van der Waals surface area contributed by atoms with E-state index in [0.717, 1.165) is 35.4 Å². The van der Waals surface area contributed by atoms with Crippen molar-refractivity contribution >= 4 is 17.2 Å². The second kappa shape index (κ2) is 8.88. The maximum atomic E-state index is 12.3. The van der Waals surface area contributed by atoms with Crippen LogP contribution >= 0.6 is 0 Å². The number of carbonyl (C=O) groups is 1. The van der Waals surface area contributed by atoms with E-state index < -0.39 is 5.91 Å². The maximum Gasteiger partial charge on any atom is 0.269 e. The van der Waals surface area contributed by atoms with Gasteiger partial charge in [0.2, 0.25) is 0 Å². The summed E-state index contributed by atoms with van der Waals surface area (Å²) in [6.45, 7) is 21.0. The number of nitrogens with zero attached hydrogens (tertiary/aromatic N) is 5. The van der Waals surface area contributed by atoms with E-state index in [-0.39, 0.29) is 27.9 Å². The number of imidazole rings is 1. The van der Waals surface area contributed by atoms with E-state index in [2.05, 4.69) is 60.9 Å². The number of hydrogen-bond acceptors (Lipinski definition) is 6. The molecule has 0 aliphatic rings. The Morgan fingerprint density at radius 3 is 2.14 bits per heavy atom. The van der Waals surface area contributed by atoms with Crippen LogP contribution < -0.4 is 11.5 Å². The van der Waals surface area contributed by atoms with E-state index in [0.29, 0.717) is 17.2 Å². The molecule has 3 aromatic rings. The number of amides is 1. The molecule has 0 saturated heterocycles. The van der Waals surface area contributed by atoms with Crippen molar-refractivity contribution < 1.29 is 4.79 Å². The molecule has 0 saturated carbocycles. The molecule has 0 bridgehead atoms. The number of hydrogen-bond donors (Lipinski definition) is 2. The predicted octanol–water partition coefficient (Wildman–Crippen LogP) is 4.97. The number of nitrogen functional groups attached to an aromatic ring is 1. The summed E-state index contributed by atoms with van der Waals surface area (Å²) >= 11 is 0. The molecule has 8 nitrogen and oxygen atoms in total. The van der Waals surface area contributed by atoms with E-state index in [1.54, 1.807) is 0 Å². The van der Waals surface area contributed by atoms with E-state index in [4.69, 9.17) is 16.5 Å². The van der Waals surface area contributed by atoms with Gasteiger partial charge in [-0.25, -0.2) is 15.0 Å². The molecule has 0 spiro atoms. The number of fused-ring (bicyclic) bond motifs is 1. The number of primary amides is 1. The fraction of sp³-hybridized carbons (Fsp3) is 0.593. The first kappa shape index (κ1) is 26.6. The molecule has 8 heteroatoms. The Balaban J connectivity index is 1.97. The molecular weight excluding hydrogens is 438 g/mol. The summed E-state index contributed by atoms with van der Waals surface area (Å²) in [5.74, 6) is -0.287. The molecule has 1 amide bonds. The molecular formula is C27H41N7O. The highest BCUT2D eigenvalue weighted by molar-refractivity contribution is 5.92. The van der Waals surface area contributed by atoms with Gasteiger partial charge in [-0.3, -0.25) is 14.2 Å². The second-order valence-electron chi connectivity index (χ2n) is 12.4. The summed E-state index contributed by atoms with van der Waals surface area (Å²) in [5.41, 5.74) is 16.9. The monoisotopic (exact) mass is 479 g/mol. The maximum absolute atomic E-state index is 12.3. The van der Waals surface area contributed by atoms with Crippen molar-refractivity contribution in [3.05, 3.63) is 46.7 Å². The van der Waals surface area contributed by atoms with Crippen molar-refractivity contribution in [2.45, 2.75) is 104 Å². The lowest BCUT2D eigenvalue weighted by molar-refractivity contribution is 0.0993. The van der Waals surface area contributed by atoms with Gasteiger partial charge < -0.3 is 11.5 Å². The zero-order valence-electron chi connectivity index (χ0n) is 22.9. The van der Waals surface area contributed by atoms with Crippen molar-refractivity contribution in [3.63, 3.8) is 0 Å². The third-order valence-electron chi connectivity index (χ3n) is 6.66. The zero-order valence-corrected chi connectivity index (χ0v) is 22.9. The van der Waals surface area contributed by atoms with Crippen molar-refractivity contribution in [2.75, 3.05) is 5.73 Å². The van der Waals surface area contributed by atoms with Crippen LogP contribution in [-0.2, 0) is 16.2 Å². The summed E-state index contributed by atoms with van der Waals surface area (Å²) in [6, 6.07) is 0. The van der Waals surface area contributed by atoms with Gasteiger partial charge in [-0.15, -0.1) is 0 Å². The summed E-state index contributed by atoms with van der Waals surface area (Å²) in [4.78, 5) is 30.9. The number of carbonyl (C=O) groups excluding carboxylic acids is 1. The van der Waals surface area contributed by atoms with Crippen molar-refractivity contribution in [3.8, 4) is 0 Å². The standard InChI is InChI=1S/C27H41N7O/c1-15(18-19(24(29)35)32-21(23(28)33-18)26(6,7)8)11-12-27(9,10)22-16(2)31-20(25(3,4)5)17-13-30-14-34(17)22/h13-15H,11-12H2,1-10H3,(H2,28,33)(H2,29,35). The molecule has 0 aliphatic carbocycles. The topological polar surface area (TPSA) is 125 Å². The van der Waals surface area contributed by atoms with Crippen LogP contribution in [-0.4, -0.2) is 30.2 Å². The van der Waals surface area contributed by atoms with Crippen LogP contribution in [0.4, 0.5) is 5.82 Å². The van der Waals surface area contributed by atoms with E-state index in [1.165, 1.54) is 0 Å². The molecule has 1 atom stereocenters. The Hall–Kier alpha value is -3.03. The van der Waals surface area contributed by atoms with Gasteiger partial charge in [0.15, 0.2) is 0 Å². The van der Waals surface area contributed by atoms with Crippen LogP contribution in [0.2, 0.25) is 0 Å². The third-order valence-corrected chi connectivity index (χ3v) is 6.66. The molecule has 0 aliphatic heterocycles. The van der Waals surface area contributed by atoms with Gasteiger partial charge in [0.05, 0.1) is 46.5 Å². The van der Waals surface area contributed by atoms with Crippen LogP contribution in [0, 0.1) is 6.92 Å². The molecule has 3 heterocycles. The third kappa shape index (κ3) is 5.16. The first-order valence-electron chi connectivity index (χ1n) is 12.3. The molecule has 0 aromatic carbocycles. The van der Waals surface area contributed by atoms with Crippen molar-refractivity contribution in [2.24, 2.45) is 5.73 Å². The summed E-state index contributed by atoms with van der Waals surface area (Å²) in [7, 11) is 0. The first-order valence-corrected chi connectivity index (χ1v) is 12.3. The number of aryl methyl sites for hydroxylation is 1. The number of rotatable bonds is 6. The van der Waals surface area contributed by atoms with Crippen LogP contribution in [0.25, 0.3) is 5.52 Å². The highest BCUT2D eigenvalue weighted by Gasteiger charge is 2.32. The fourth-order valence-electron chi connectivity index (χ4n) is 4.84. The lowest BCUT2D eigenvalue weighted by Gasteiger charge is -2.31. The SMILES string of the molecule is Cc1nc(C(C)(C)C)c2cncn2c1C(C)(C)CCC(C)c1nc(N)c(C(C)(C)C)nc1C(N)=O.